The summed E-state index contributed by atoms with van der Waals surface area (Å²) in [6, 6.07) is 20.9. The summed E-state index contributed by atoms with van der Waals surface area (Å²) >= 11 is 0. The van der Waals surface area contributed by atoms with Crippen molar-refractivity contribution in [2.24, 2.45) is 7.05 Å². The van der Waals surface area contributed by atoms with Crippen molar-refractivity contribution in [3.63, 3.8) is 0 Å². The molecule has 5 aromatic rings. The number of carbonyl (C=O) groups excluding carboxylic acids is 1. The molecule has 0 fully saturated rings. The highest BCUT2D eigenvalue weighted by Crippen LogP contribution is 2.39. The lowest BCUT2D eigenvalue weighted by Gasteiger charge is -2.17. The Hall–Kier alpha value is -4.10. The van der Waals surface area contributed by atoms with Crippen molar-refractivity contribution >= 4 is 27.6 Å². The van der Waals surface area contributed by atoms with Crippen LogP contribution >= 0.6 is 0 Å². The van der Waals surface area contributed by atoms with Gasteiger partial charge in [0.05, 0.1) is 30.1 Å². The minimum atomic E-state index is -0.250. The number of hydrogen-bond acceptors (Lipinski definition) is 5. The van der Waals surface area contributed by atoms with Crippen molar-refractivity contribution in [2.75, 3.05) is 26.8 Å². The predicted molar refractivity (Wildman–Crippen MR) is 168 cm³/mol. The predicted octanol–water partition coefficient (Wildman–Crippen LogP) is 6.92. The molecule has 1 aliphatic rings. The number of aromatic nitrogens is 3. The zero-order valence-corrected chi connectivity index (χ0v) is 25.2. The highest BCUT2D eigenvalue weighted by molar-refractivity contribution is 6.05. The van der Waals surface area contributed by atoms with Gasteiger partial charge in [-0.3, -0.25) is 4.68 Å². The van der Waals surface area contributed by atoms with Gasteiger partial charge in [-0.25, -0.2) is 4.79 Å². The molecule has 6 rings (SSSR count). The molecule has 2 aromatic heterocycles. The Morgan fingerprint density at radius 1 is 0.952 bits per heavy atom. The Labute approximate surface area is 247 Å². The number of ether oxygens (including phenoxy) is 2. The average molecular weight is 565 g/mol. The van der Waals surface area contributed by atoms with Crippen molar-refractivity contribution in [3.05, 3.63) is 83.3 Å². The highest BCUT2D eigenvalue weighted by Gasteiger charge is 2.28. The third kappa shape index (κ3) is 5.18. The molecule has 0 radical (unpaired) electrons. The minimum absolute atomic E-state index is 0.250. The van der Waals surface area contributed by atoms with E-state index in [2.05, 4.69) is 59.8 Å². The van der Waals surface area contributed by atoms with E-state index in [0.717, 1.165) is 83.3 Å². The van der Waals surface area contributed by atoms with Gasteiger partial charge >= 0.3 is 5.97 Å². The molecule has 7 nitrogen and oxygen atoms in total. The first-order valence-corrected chi connectivity index (χ1v) is 15.1. The van der Waals surface area contributed by atoms with Crippen LogP contribution in [0.4, 0.5) is 0 Å². The summed E-state index contributed by atoms with van der Waals surface area (Å²) in [4.78, 5) is 16.0. The maximum absolute atomic E-state index is 13.6. The fourth-order valence-electron chi connectivity index (χ4n) is 6.57. The summed E-state index contributed by atoms with van der Waals surface area (Å²) in [6.07, 6.45) is 3.52. The molecule has 7 heteroatoms. The number of rotatable bonds is 7. The van der Waals surface area contributed by atoms with Crippen LogP contribution in [0.2, 0.25) is 0 Å². The Kier molecular flexibility index (Phi) is 8.02. The zero-order chi connectivity index (χ0) is 29.2. The molecule has 218 valence electrons. The largest absolute Gasteiger partial charge is 0.493 e. The van der Waals surface area contributed by atoms with Crippen LogP contribution in [0, 0.1) is 6.92 Å². The van der Waals surface area contributed by atoms with E-state index in [1.165, 1.54) is 11.1 Å². The fraction of sp³-hybridized carbons (Fsp3) is 0.371. The Balaban J connectivity index is 1.42. The summed E-state index contributed by atoms with van der Waals surface area (Å²) in [7, 11) is 4.21. The minimum Gasteiger partial charge on any atom is -0.493 e. The third-order valence-corrected chi connectivity index (χ3v) is 8.44. The molecule has 42 heavy (non-hydrogen) atoms. The lowest BCUT2D eigenvalue weighted by atomic mass is 9.98. The maximum atomic E-state index is 13.6. The Bertz CT molecular complexity index is 1740. The number of carbonyl (C=O) groups is 1. The Morgan fingerprint density at radius 3 is 2.57 bits per heavy atom. The lowest BCUT2D eigenvalue weighted by Crippen LogP contribution is -2.21. The van der Waals surface area contributed by atoms with Crippen molar-refractivity contribution in [1.82, 2.24) is 19.2 Å². The Morgan fingerprint density at radius 2 is 1.71 bits per heavy atom. The van der Waals surface area contributed by atoms with E-state index >= 15 is 0 Å². The number of aryl methyl sites for hydroxylation is 4. The first-order valence-electron chi connectivity index (χ1n) is 15.1. The van der Waals surface area contributed by atoms with Crippen LogP contribution in [0.5, 0.6) is 5.75 Å². The van der Waals surface area contributed by atoms with E-state index in [0.29, 0.717) is 25.3 Å². The average Bonchev–Trinajstić information content (AvgIpc) is 3.44. The fourth-order valence-corrected chi connectivity index (χ4v) is 6.57. The number of benzene rings is 3. The van der Waals surface area contributed by atoms with Gasteiger partial charge < -0.3 is 18.9 Å². The number of fused-ring (bicyclic) bond motifs is 3. The number of nitrogens with zero attached hydrogens (tertiary/aromatic N) is 4. The standard InChI is InChI=1S/C35H40N4O3/c1-5-41-35(40)34-28(18-12-22-42-31-19-10-14-25-13-6-7-15-26(25)31)27-16-11-17-29-32-24(2)36-38(4)30(32)23-37(3)20-8-9-21-39(34)33(27)29/h6-7,10-11,13-17,19H,5,8-9,12,18,20-23H2,1-4H3. The molecular formula is C35H40N4O3. The molecule has 0 aliphatic carbocycles. The summed E-state index contributed by atoms with van der Waals surface area (Å²) in [5.74, 6) is 0.641. The molecule has 0 saturated carbocycles. The van der Waals surface area contributed by atoms with E-state index in [4.69, 9.17) is 14.6 Å². The maximum Gasteiger partial charge on any atom is 0.355 e. The van der Waals surface area contributed by atoms with E-state index in [1.54, 1.807) is 0 Å². The van der Waals surface area contributed by atoms with Crippen LogP contribution in [0.15, 0.2) is 60.7 Å². The van der Waals surface area contributed by atoms with Crippen LogP contribution in [0.25, 0.3) is 32.8 Å². The topological polar surface area (TPSA) is 61.5 Å². The third-order valence-electron chi connectivity index (χ3n) is 8.44. The van der Waals surface area contributed by atoms with Crippen LogP contribution in [-0.4, -0.2) is 52.0 Å². The normalized spacial score (nSPS) is 14.1. The number of para-hydroxylation sites is 1. The molecule has 0 unspecified atom stereocenters. The molecule has 0 spiro atoms. The van der Waals surface area contributed by atoms with Gasteiger partial charge in [0.1, 0.15) is 11.4 Å². The van der Waals surface area contributed by atoms with E-state index < -0.39 is 0 Å². The van der Waals surface area contributed by atoms with E-state index in [-0.39, 0.29) is 5.97 Å². The molecule has 0 N–H and O–H groups in total. The smallest absolute Gasteiger partial charge is 0.355 e. The first-order chi connectivity index (χ1) is 20.5. The van der Waals surface area contributed by atoms with Gasteiger partial charge in [-0.1, -0.05) is 54.6 Å². The van der Waals surface area contributed by atoms with Gasteiger partial charge in [0.25, 0.3) is 0 Å². The van der Waals surface area contributed by atoms with E-state index in [1.807, 2.05) is 42.9 Å². The van der Waals surface area contributed by atoms with Crippen molar-refractivity contribution < 1.29 is 14.3 Å². The monoisotopic (exact) mass is 564 g/mol. The van der Waals surface area contributed by atoms with Gasteiger partial charge in [0.2, 0.25) is 0 Å². The molecule has 0 bridgehead atoms. The second-order valence-corrected chi connectivity index (χ2v) is 11.3. The van der Waals surface area contributed by atoms with Crippen LogP contribution in [0.1, 0.15) is 53.6 Å². The summed E-state index contributed by atoms with van der Waals surface area (Å²) in [5, 5.41) is 8.23. The van der Waals surface area contributed by atoms with Gasteiger partial charge in [-0.2, -0.15) is 5.10 Å². The van der Waals surface area contributed by atoms with Crippen molar-refractivity contribution in [3.8, 4) is 16.9 Å². The molecule has 1 aliphatic heterocycles. The van der Waals surface area contributed by atoms with Crippen molar-refractivity contribution in [2.45, 2.75) is 52.6 Å². The van der Waals surface area contributed by atoms with Gasteiger partial charge in [0, 0.05) is 42.0 Å². The van der Waals surface area contributed by atoms with Crippen LogP contribution in [0.3, 0.4) is 0 Å². The van der Waals surface area contributed by atoms with Gasteiger partial charge in [-0.05, 0) is 70.1 Å². The SMILES string of the molecule is CCOC(=O)c1c(CCCOc2cccc3ccccc23)c2cccc3c2n1CCCCN(C)Cc1c-3c(C)nn1C. The first kappa shape index (κ1) is 28.0. The highest BCUT2D eigenvalue weighted by atomic mass is 16.5. The van der Waals surface area contributed by atoms with Gasteiger partial charge in [0.15, 0.2) is 0 Å². The quantitative estimate of drug-likeness (QED) is 0.159. The van der Waals surface area contributed by atoms with Crippen LogP contribution < -0.4 is 4.74 Å². The second-order valence-electron chi connectivity index (χ2n) is 11.3. The molecule has 0 amide bonds. The van der Waals surface area contributed by atoms with Crippen LogP contribution in [-0.2, 0) is 31.3 Å². The summed E-state index contributed by atoms with van der Waals surface area (Å²) in [6.45, 7) is 7.43. The number of hydrogen-bond donors (Lipinski definition) is 0. The second kappa shape index (κ2) is 12.0. The summed E-state index contributed by atoms with van der Waals surface area (Å²) in [5.41, 5.74) is 7.32. The molecular weight excluding hydrogens is 524 g/mol. The zero-order valence-electron chi connectivity index (χ0n) is 25.2. The molecule has 0 saturated heterocycles. The summed E-state index contributed by atoms with van der Waals surface area (Å²) < 4.78 is 16.2. The molecule has 3 heterocycles. The van der Waals surface area contributed by atoms with Crippen molar-refractivity contribution in [1.29, 1.82) is 0 Å². The van der Waals surface area contributed by atoms with Gasteiger partial charge in [-0.15, -0.1) is 0 Å². The lowest BCUT2D eigenvalue weighted by molar-refractivity contribution is 0.0512. The molecule has 0 atom stereocenters. The molecule has 3 aromatic carbocycles. The van der Waals surface area contributed by atoms with E-state index in [9.17, 15) is 4.79 Å². The number of esters is 1.